The lowest BCUT2D eigenvalue weighted by Gasteiger charge is -2.14. The molecule has 0 heterocycles. The number of carbonyl (C=O) groups excluding carboxylic acids is 1. The van der Waals surface area contributed by atoms with Gasteiger partial charge in [0.2, 0.25) is 0 Å². The van der Waals surface area contributed by atoms with Gasteiger partial charge in [-0.05, 0) is 42.3 Å². The van der Waals surface area contributed by atoms with Gasteiger partial charge in [0.15, 0.2) is 0 Å². The van der Waals surface area contributed by atoms with Crippen molar-refractivity contribution in [3.05, 3.63) is 71.0 Å². The maximum Gasteiger partial charge on any atom is 0.251 e. The summed E-state index contributed by atoms with van der Waals surface area (Å²) >= 11 is 0. The van der Waals surface area contributed by atoms with Gasteiger partial charge in [-0.25, -0.2) is 4.39 Å². The average molecular weight is 286 g/mol. The monoisotopic (exact) mass is 286 g/mol. The van der Waals surface area contributed by atoms with Crippen LogP contribution in [0.15, 0.2) is 48.5 Å². The molecule has 2 rings (SSSR count). The van der Waals surface area contributed by atoms with Crippen molar-refractivity contribution >= 4 is 5.91 Å². The molecular formula is C17H19FN2O. The number of hydrogen-bond acceptors (Lipinski definition) is 2. The predicted octanol–water partition coefficient (Wildman–Crippen LogP) is 3.04. The molecule has 21 heavy (non-hydrogen) atoms. The molecule has 0 aromatic heterocycles. The quantitative estimate of drug-likeness (QED) is 0.887. The second-order valence-electron chi connectivity index (χ2n) is 4.93. The van der Waals surface area contributed by atoms with E-state index in [1.807, 2.05) is 19.1 Å². The predicted molar refractivity (Wildman–Crippen MR) is 81.5 cm³/mol. The Kier molecular flexibility index (Phi) is 5.06. The zero-order chi connectivity index (χ0) is 15.2. The van der Waals surface area contributed by atoms with E-state index in [0.717, 1.165) is 11.1 Å². The Bertz CT molecular complexity index is 593. The van der Waals surface area contributed by atoms with E-state index < -0.39 is 0 Å². The Morgan fingerprint density at radius 2 is 1.71 bits per heavy atom. The second-order valence-corrected chi connectivity index (χ2v) is 4.93. The highest BCUT2D eigenvalue weighted by atomic mass is 19.1. The standard InChI is InChI=1S/C17H19FN2O/c1-12(14-7-9-16(18)10-8-14)20-11-13-3-5-15(6-4-13)17(21)19-2/h3-10,12,20H,11H2,1-2H3,(H,19,21)/t12-/m0/s1. The second kappa shape index (κ2) is 6.99. The summed E-state index contributed by atoms with van der Waals surface area (Å²) in [6.07, 6.45) is 0. The molecule has 110 valence electrons. The molecule has 0 unspecified atom stereocenters. The van der Waals surface area contributed by atoms with Crippen LogP contribution in [0.4, 0.5) is 4.39 Å². The van der Waals surface area contributed by atoms with Crippen molar-refractivity contribution in [2.75, 3.05) is 7.05 Å². The molecule has 0 spiro atoms. The molecular weight excluding hydrogens is 267 g/mol. The number of amides is 1. The van der Waals surface area contributed by atoms with Gasteiger partial charge in [0.05, 0.1) is 0 Å². The summed E-state index contributed by atoms with van der Waals surface area (Å²) in [5, 5.41) is 5.97. The number of hydrogen-bond donors (Lipinski definition) is 2. The molecule has 1 atom stereocenters. The van der Waals surface area contributed by atoms with Gasteiger partial charge in [0.1, 0.15) is 5.82 Å². The van der Waals surface area contributed by atoms with Gasteiger partial charge < -0.3 is 10.6 Å². The first-order valence-corrected chi connectivity index (χ1v) is 6.90. The van der Waals surface area contributed by atoms with Crippen LogP contribution in [0, 0.1) is 5.82 Å². The van der Waals surface area contributed by atoms with E-state index in [0.29, 0.717) is 12.1 Å². The molecule has 0 saturated heterocycles. The van der Waals surface area contributed by atoms with Crippen molar-refractivity contribution in [1.29, 1.82) is 0 Å². The molecule has 0 aliphatic carbocycles. The number of carbonyl (C=O) groups is 1. The average Bonchev–Trinajstić information content (AvgIpc) is 2.53. The van der Waals surface area contributed by atoms with Gasteiger partial charge in [-0.2, -0.15) is 0 Å². The van der Waals surface area contributed by atoms with Gasteiger partial charge in [-0.1, -0.05) is 24.3 Å². The Balaban J connectivity index is 1.93. The Hall–Kier alpha value is -2.20. The van der Waals surface area contributed by atoms with E-state index in [4.69, 9.17) is 0 Å². The van der Waals surface area contributed by atoms with Crippen molar-refractivity contribution in [2.45, 2.75) is 19.5 Å². The van der Waals surface area contributed by atoms with E-state index in [9.17, 15) is 9.18 Å². The number of nitrogens with one attached hydrogen (secondary N) is 2. The van der Waals surface area contributed by atoms with Crippen LogP contribution in [0.25, 0.3) is 0 Å². The van der Waals surface area contributed by atoms with E-state index in [2.05, 4.69) is 10.6 Å². The molecule has 2 aromatic carbocycles. The van der Waals surface area contributed by atoms with Crippen molar-refractivity contribution in [3.8, 4) is 0 Å². The maximum absolute atomic E-state index is 12.9. The molecule has 0 bridgehead atoms. The van der Waals surface area contributed by atoms with Crippen LogP contribution in [0.2, 0.25) is 0 Å². The van der Waals surface area contributed by atoms with Crippen LogP contribution >= 0.6 is 0 Å². The molecule has 0 aliphatic heterocycles. The smallest absolute Gasteiger partial charge is 0.251 e. The van der Waals surface area contributed by atoms with E-state index in [1.165, 1.54) is 12.1 Å². The SMILES string of the molecule is CNC(=O)c1ccc(CN[C@@H](C)c2ccc(F)cc2)cc1. The normalized spacial score (nSPS) is 12.0. The molecule has 4 heteroatoms. The zero-order valence-corrected chi connectivity index (χ0v) is 12.2. The summed E-state index contributed by atoms with van der Waals surface area (Å²) in [4.78, 5) is 11.4. The van der Waals surface area contributed by atoms with E-state index in [1.54, 1.807) is 31.3 Å². The van der Waals surface area contributed by atoms with Crippen LogP contribution in [-0.2, 0) is 6.54 Å². The van der Waals surface area contributed by atoms with Crippen molar-refractivity contribution in [1.82, 2.24) is 10.6 Å². The maximum atomic E-state index is 12.9. The summed E-state index contributed by atoms with van der Waals surface area (Å²) in [5.74, 6) is -0.315. The van der Waals surface area contributed by atoms with Crippen molar-refractivity contribution in [3.63, 3.8) is 0 Å². The Morgan fingerprint density at radius 3 is 2.29 bits per heavy atom. The van der Waals surface area contributed by atoms with E-state index >= 15 is 0 Å². The minimum absolute atomic E-state index is 0.0887. The summed E-state index contributed by atoms with van der Waals surface area (Å²) in [6.45, 7) is 2.72. The van der Waals surface area contributed by atoms with Crippen LogP contribution in [0.3, 0.4) is 0 Å². The zero-order valence-electron chi connectivity index (χ0n) is 12.2. The lowest BCUT2D eigenvalue weighted by molar-refractivity contribution is 0.0963. The van der Waals surface area contributed by atoms with Crippen LogP contribution in [0.1, 0.15) is 34.5 Å². The number of benzene rings is 2. The lowest BCUT2D eigenvalue weighted by atomic mass is 10.1. The van der Waals surface area contributed by atoms with E-state index in [-0.39, 0.29) is 17.8 Å². The summed E-state index contributed by atoms with van der Waals surface area (Å²) in [6, 6.07) is 14.1. The summed E-state index contributed by atoms with van der Waals surface area (Å²) in [5.41, 5.74) is 2.78. The molecule has 2 aromatic rings. The fourth-order valence-corrected chi connectivity index (χ4v) is 2.06. The van der Waals surface area contributed by atoms with Gasteiger partial charge in [0, 0.05) is 25.2 Å². The summed E-state index contributed by atoms with van der Waals surface area (Å²) < 4.78 is 12.9. The fraction of sp³-hybridized carbons (Fsp3) is 0.235. The highest BCUT2D eigenvalue weighted by Gasteiger charge is 2.06. The minimum atomic E-state index is -0.226. The molecule has 0 radical (unpaired) electrons. The van der Waals surface area contributed by atoms with Crippen molar-refractivity contribution < 1.29 is 9.18 Å². The molecule has 2 N–H and O–H groups in total. The van der Waals surface area contributed by atoms with Crippen LogP contribution in [0.5, 0.6) is 0 Å². The fourth-order valence-electron chi connectivity index (χ4n) is 2.06. The first-order valence-electron chi connectivity index (χ1n) is 6.90. The topological polar surface area (TPSA) is 41.1 Å². The summed E-state index contributed by atoms with van der Waals surface area (Å²) in [7, 11) is 1.61. The minimum Gasteiger partial charge on any atom is -0.355 e. The van der Waals surface area contributed by atoms with Crippen LogP contribution < -0.4 is 10.6 Å². The molecule has 1 amide bonds. The largest absolute Gasteiger partial charge is 0.355 e. The van der Waals surface area contributed by atoms with Crippen LogP contribution in [-0.4, -0.2) is 13.0 Å². The van der Waals surface area contributed by atoms with Gasteiger partial charge in [-0.3, -0.25) is 4.79 Å². The van der Waals surface area contributed by atoms with Crippen molar-refractivity contribution in [2.24, 2.45) is 0 Å². The molecule has 0 aliphatic rings. The third-order valence-electron chi connectivity index (χ3n) is 3.43. The third-order valence-corrected chi connectivity index (χ3v) is 3.43. The third kappa shape index (κ3) is 4.13. The Morgan fingerprint density at radius 1 is 1.10 bits per heavy atom. The van der Waals surface area contributed by atoms with Gasteiger partial charge >= 0.3 is 0 Å². The first-order chi connectivity index (χ1) is 10.1. The van der Waals surface area contributed by atoms with Gasteiger partial charge in [0.25, 0.3) is 5.91 Å². The first kappa shape index (κ1) is 15.2. The Labute approximate surface area is 124 Å². The number of halogens is 1. The molecule has 3 nitrogen and oxygen atoms in total. The highest BCUT2D eigenvalue weighted by Crippen LogP contribution is 2.14. The highest BCUT2D eigenvalue weighted by molar-refractivity contribution is 5.93. The molecule has 0 saturated carbocycles. The lowest BCUT2D eigenvalue weighted by Crippen LogP contribution is -2.19. The number of rotatable bonds is 5. The van der Waals surface area contributed by atoms with Gasteiger partial charge in [-0.15, -0.1) is 0 Å². The molecule has 0 fully saturated rings.